The van der Waals surface area contributed by atoms with Crippen LogP contribution in [0.25, 0.3) is 0 Å². The van der Waals surface area contributed by atoms with Gasteiger partial charge in [-0.3, -0.25) is 0 Å². The van der Waals surface area contributed by atoms with Crippen molar-refractivity contribution in [2.24, 2.45) is 0 Å². The lowest BCUT2D eigenvalue weighted by Gasteiger charge is -2.09. The van der Waals surface area contributed by atoms with Gasteiger partial charge in [-0.25, -0.2) is 4.79 Å². The van der Waals surface area contributed by atoms with E-state index < -0.39 is 5.97 Å². The minimum atomic E-state index is -0.800. The molecular weight excluding hydrogens is 272 g/mol. The van der Waals surface area contributed by atoms with Gasteiger partial charge in [0, 0.05) is 0 Å². The molecule has 124 valence electrons. The molecule has 2 heteroatoms. The van der Waals surface area contributed by atoms with Gasteiger partial charge in [0.15, 0.2) is 0 Å². The number of hydrogen-bond donors (Lipinski definition) is 1. The Morgan fingerprint density at radius 1 is 0.909 bits per heavy atom. The van der Waals surface area contributed by atoms with Gasteiger partial charge >= 0.3 is 5.97 Å². The summed E-state index contributed by atoms with van der Waals surface area (Å²) >= 11 is 0. The molecule has 22 heavy (non-hydrogen) atoms. The normalized spacial score (nSPS) is 10.8. The highest BCUT2D eigenvalue weighted by atomic mass is 16.4. The number of carbonyl (C=O) groups is 1. The third kappa shape index (κ3) is 7.11. The highest BCUT2D eigenvalue weighted by molar-refractivity contribution is 5.89. The first-order chi connectivity index (χ1) is 10.7. The summed E-state index contributed by atoms with van der Waals surface area (Å²) in [6, 6.07) is 5.57. The zero-order chi connectivity index (χ0) is 16.2. The van der Waals surface area contributed by atoms with E-state index in [0.29, 0.717) is 5.56 Å². The van der Waals surface area contributed by atoms with Gasteiger partial charge in [-0.1, -0.05) is 76.8 Å². The molecule has 1 rings (SSSR count). The summed E-state index contributed by atoms with van der Waals surface area (Å²) in [7, 11) is 0. The molecule has 0 fully saturated rings. The Balaban J connectivity index is 2.16. The minimum Gasteiger partial charge on any atom is -0.478 e. The van der Waals surface area contributed by atoms with E-state index in [1.807, 2.05) is 19.1 Å². The predicted molar refractivity (Wildman–Crippen MR) is 93.7 cm³/mol. The number of rotatable bonds is 12. The molecular formula is C20H32O2. The molecule has 2 nitrogen and oxygen atoms in total. The average molecular weight is 304 g/mol. The molecule has 0 aliphatic carbocycles. The maximum atomic E-state index is 11.3. The number of carboxylic acids is 1. The zero-order valence-corrected chi connectivity index (χ0v) is 14.4. The average Bonchev–Trinajstić information content (AvgIpc) is 2.50. The second-order valence-corrected chi connectivity index (χ2v) is 6.34. The summed E-state index contributed by atoms with van der Waals surface area (Å²) in [6.07, 6.45) is 14.0. The SMILES string of the molecule is CCCCCCCCCCCCc1c(C)cccc1C(=O)O. The third-order valence-corrected chi connectivity index (χ3v) is 4.42. The highest BCUT2D eigenvalue weighted by Gasteiger charge is 2.11. The molecule has 0 radical (unpaired) electrons. The second-order valence-electron chi connectivity index (χ2n) is 6.34. The first-order valence-corrected chi connectivity index (χ1v) is 8.98. The van der Waals surface area contributed by atoms with Crippen LogP contribution in [-0.2, 0) is 6.42 Å². The van der Waals surface area contributed by atoms with E-state index in [1.54, 1.807) is 6.07 Å². The van der Waals surface area contributed by atoms with Gasteiger partial charge in [-0.15, -0.1) is 0 Å². The van der Waals surface area contributed by atoms with Gasteiger partial charge in [-0.2, -0.15) is 0 Å². The molecule has 1 N–H and O–H groups in total. The maximum Gasteiger partial charge on any atom is 0.335 e. The number of hydrogen-bond acceptors (Lipinski definition) is 1. The molecule has 0 amide bonds. The topological polar surface area (TPSA) is 37.3 Å². The Morgan fingerprint density at radius 2 is 1.45 bits per heavy atom. The molecule has 0 bridgehead atoms. The number of carboxylic acid groups (broad SMARTS) is 1. The van der Waals surface area contributed by atoms with E-state index in [2.05, 4.69) is 6.92 Å². The van der Waals surface area contributed by atoms with Crippen molar-refractivity contribution in [2.75, 3.05) is 0 Å². The van der Waals surface area contributed by atoms with Crippen LogP contribution in [0.2, 0.25) is 0 Å². The molecule has 0 saturated carbocycles. The zero-order valence-electron chi connectivity index (χ0n) is 14.4. The van der Waals surface area contributed by atoms with E-state index in [-0.39, 0.29) is 0 Å². The number of benzene rings is 1. The highest BCUT2D eigenvalue weighted by Crippen LogP contribution is 2.18. The second kappa shape index (κ2) is 11.3. The summed E-state index contributed by atoms with van der Waals surface area (Å²) < 4.78 is 0. The Bertz CT molecular complexity index is 437. The van der Waals surface area contributed by atoms with Gasteiger partial charge < -0.3 is 5.11 Å². The lowest BCUT2D eigenvalue weighted by molar-refractivity contribution is 0.0695. The van der Waals surface area contributed by atoms with Gasteiger partial charge in [0.2, 0.25) is 0 Å². The van der Waals surface area contributed by atoms with Gasteiger partial charge in [0.05, 0.1) is 5.56 Å². The van der Waals surface area contributed by atoms with Crippen molar-refractivity contribution in [2.45, 2.75) is 84.5 Å². The van der Waals surface area contributed by atoms with Crippen LogP contribution in [0.4, 0.5) is 0 Å². The Hall–Kier alpha value is -1.31. The van der Waals surface area contributed by atoms with Crippen LogP contribution in [0.5, 0.6) is 0 Å². The molecule has 0 heterocycles. The van der Waals surface area contributed by atoms with E-state index in [4.69, 9.17) is 0 Å². The quantitative estimate of drug-likeness (QED) is 0.470. The van der Waals surface area contributed by atoms with Crippen molar-refractivity contribution in [3.05, 3.63) is 34.9 Å². The summed E-state index contributed by atoms with van der Waals surface area (Å²) in [5, 5.41) is 9.25. The first-order valence-electron chi connectivity index (χ1n) is 8.98. The molecule has 0 spiro atoms. The van der Waals surface area contributed by atoms with Crippen LogP contribution >= 0.6 is 0 Å². The molecule has 0 unspecified atom stereocenters. The van der Waals surface area contributed by atoms with Crippen LogP contribution in [0.1, 0.15) is 92.6 Å². The van der Waals surface area contributed by atoms with E-state index in [0.717, 1.165) is 24.0 Å². The summed E-state index contributed by atoms with van der Waals surface area (Å²) in [4.78, 5) is 11.3. The minimum absolute atomic E-state index is 0.482. The number of aromatic carboxylic acids is 1. The predicted octanol–water partition coefficient (Wildman–Crippen LogP) is 6.16. The van der Waals surface area contributed by atoms with Gasteiger partial charge in [0.1, 0.15) is 0 Å². The van der Waals surface area contributed by atoms with Crippen LogP contribution in [0.15, 0.2) is 18.2 Å². The molecule has 0 aliphatic heterocycles. The molecule has 1 aromatic carbocycles. The summed E-state index contributed by atoms with van der Waals surface area (Å²) in [5.41, 5.74) is 2.61. The largest absolute Gasteiger partial charge is 0.478 e. The fourth-order valence-electron chi connectivity index (χ4n) is 3.02. The Morgan fingerprint density at radius 3 is 2.00 bits per heavy atom. The van der Waals surface area contributed by atoms with Crippen molar-refractivity contribution < 1.29 is 9.90 Å². The molecule has 1 aromatic rings. The van der Waals surface area contributed by atoms with E-state index in [1.165, 1.54) is 57.8 Å². The van der Waals surface area contributed by atoms with Crippen molar-refractivity contribution in [3.8, 4) is 0 Å². The smallest absolute Gasteiger partial charge is 0.335 e. The Kier molecular flexibility index (Phi) is 9.61. The lowest BCUT2D eigenvalue weighted by atomic mass is 9.96. The molecule has 0 saturated heterocycles. The van der Waals surface area contributed by atoms with Gasteiger partial charge in [-0.05, 0) is 37.0 Å². The molecule has 0 atom stereocenters. The monoisotopic (exact) mass is 304 g/mol. The van der Waals surface area contributed by atoms with Crippen molar-refractivity contribution in [1.82, 2.24) is 0 Å². The third-order valence-electron chi connectivity index (χ3n) is 4.42. The lowest BCUT2D eigenvalue weighted by Crippen LogP contribution is -2.04. The fourth-order valence-corrected chi connectivity index (χ4v) is 3.02. The fraction of sp³-hybridized carbons (Fsp3) is 0.650. The standard InChI is InChI=1S/C20H32O2/c1-3-4-5-6-7-8-9-10-11-12-15-18-17(2)14-13-16-19(18)20(21)22/h13-14,16H,3-12,15H2,1-2H3,(H,21,22). The van der Waals surface area contributed by atoms with E-state index in [9.17, 15) is 9.90 Å². The molecule has 0 aromatic heterocycles. The van der Waals surface area contributed by atoms with E-state index >= 15 is 0 Å². The summed E-state index contributed by atoms with van der Waals surface area (Å²) in [6.45, 7) is 4.27. The van der Waals surface area contributed by atoms with Crippen LogP contribution in [0.3, 0.4) is 0 Å². The number of unbranched alkanes of at least 4 members (excludes halogenated alkanes) is 9. The van der Waals surface area contributed by atoms with Crippen molar-refractivity contribution in [3.63, 3.8) is 0 Å². The maximum absolute atomic E-state index is 11.3. The summed E-state index contributed by atoms with van der Waals surface area (Å²) in [5.74, 6) is -0.800. The van der Waals surface area contributed by atoms with Crippen LogP contribution in [0, 0.1) is 6.92 Å². The number of aryl methyl sites for hydroxylation is 1. The molecule has 0 aliphatic rings. The van der Waals surface area contributed by atoms with Crippen molar-refractivity contribution in [1.29, 1.82) is 0 Å². The first kappa shape index (κ1) is 18.7. The van der Waals surface area contributed by atoms with Crippen molar-refractivity contribution >= 4 is 5.97 Å². The Labute approximate surface area is 135 Å². The van der Waals surface area contributed by atoms with Gasteiger partial charge in [0.25, 0.3) is 0 Å². The van der Waals surface area contributed by atoms with Crippen LogP contribution < -0.4 is 0 Å². The van der Waals surface area contributed by atoms with Crippen LogP contribution in [-0.4, -0.2) is 11.1 Å².